The second-order valence-electron chi connectivity index (χ2n) is 5.35. The van der Waals surface area contributed by atoms with Gasteiger partial charge in [0.15, 0.2) is 0 Å². The van der Waals surface area contributed by atoms with E-state index < -0.39 is 10.0 Å². The van der Waals surface area contributed by atoms with E-state index in [9.17, 15) is 13.2 Å². The molecule has 1 amide bonds. The van der Waals surface area contributed by atoms with E-state index in [4.69, 9.17) is 0 Å². The van der Waals surface area contributed by atoms with Crippen LogP contribution in [-0.2, 0) is 14.8 Å². The maximum Gasteiger partial charge on any atom is 0.243 e. The molecule has 1 aromatic heterocycles. The highest BCUT2D eigenvalue weighted by molar-refractivity contribution is 7.89. The molecule has 0 spiro atoms. The minimum atomic E-state index is -3.56. The van der Waals surface area contributed by atoms with E-state index in [1.54, 1.807) is 23.1 Å². The molecule has 22 heavy (non-hydrogen) atoms. The number of aromatic amines is 1. The molecule has 1 aromatic carbocycles. The summed E-state index contributed by atoms with van der Waals surface area (Å²) in [4.78, 5) is 20.4. The molecule has 1 N–H and O–H groups in total. The van der Waals surface area contributed by atoms with Crippen molar-refractivity contribution >= 4 is 27.0 Å². The minimum absolute atomic E-state index is 0.0156. The van der Waals surface area contributed by atoms with Crippen LogP contribution in [0.3, 0.4) is 0 Å². The van der Waals surface area contributed by atoms with Crippen molar-refractivity contribution in [3.63, 3.8) is 0 Å². The largest absolute Gasteiger partial charge is 0.345 e. The van der Waals surface area contributed by atoms with Crippen molar-refractivity contribution in [3.8, 4) is 0 Å². The van der Waals surface area contributed by atoms with Gasteiger partial charge in [0.1, 0.15) is 0 Å². The zero-order valence-corrected chi connectivity index (χ0v) is 13.1. The Labute approximate surface area is 129 Å². The van der Waals surface area contributed by atoms with Crippen LogP contribution in [0, 0.1) is 0 Å². The van der Waals surface area contributed by atoms with E-state index in [0.717, 1.165) is 5.52 Å². The molecule has 8 heteroatoms. The lowest BCUT2D eigenvalue weighted by atomic mass is 10.3. The van der Waals surface area contributed by atoms with E-state index in [1.165, 1.54) is 17.6 Å². The number of H-pyrrole nitrogens is 1. The molecular formula is C14H18N4O3S. The molecule has 3 rings (SSSR count). The van der Waals surface area contributed by atoms with Gasteiger partial charge in [0, 0.05) is 33.1 Å². The van der Waals surface area contributed by atoms with Crippen LogP contribution in [0.2, 0.25) is 0 Å². The lowest BCUT2D eigenvalue weighted by Gasteiger charge is -2.21. The van der Waals surface area contributed by atoms with Gasteiger partial charge in [0.2, 0.25) is 15.9 Å². The lowest BCUT2D eigenvalue weighted by Crippen LogP contribution is -2.36. The zero-order valence-electron chi connectivity index (χ0n) is 12.3. The summed E-state index contributed by atoms with van der Waals surface area (Å²) in [5.74, 6) is -0.0156. The molecular weight excluding hydrogens is 304 g/mol. The smallest absolute Gasteiger partial charge is 0.243 e. The molecule has 0 unspecified atom stereocenters. The third-order valence-electron chi connectivity index (χ3n) is 3.93. The number of nitrogens with zero attached hydrogens (tertiary/aromatic N) is 3. The van der Waals surface area contributed by atoms with Crippen LogP contribution in [0.4, 0.5) is 0 Å². The first-order chi connectivity index (χ1) is 10.5. The monoisotopic (exact) mass is 322 g/mol. The molecule has 1 saturated heterocycles. The molecule has 118 valence electrons. The number of carbonyl (C=O) groups excluding carboxylic acids is 1. The highest BCUT2D eigenvalue weighted by Crippen LogP contribution is 2.21. The Morgan fingerprint density at radius 1 is 1.23 bits per heavy atom. The fourth-order valence-electron chi connectivity index (χ4n) is 2.67. The highest BCUT2D eigenvalue weighted by Gasteiger charge is 2.27. The Morgan fingerprint density at radius 3 is 2.82 bits per heavy atom. The van der Waals surface area contributed by atoms with Crippen LogP contribution in [0.15, 0.2) is 29.4 Å². The van der Waals surface area contributed by atoms with E-state index in [2.05, 4.69) is 9.97 Å². The second kappa shape index (κ2) is 5.69. The van der Waals surface area contributed by atoms with Crippen molar-refractivity contribution in [2.45, 2.75) is 18.2 Å². The standard InChI is InChI=1S/C14H18N4O3S/c1-11(19)17-5-2-6-18(8-7-17)22(20,21)12-3-4-13-14(9-12)16-10-15-13/h3-4,9-10H,2,5-8H2,1H3,(H,15,16). The van der Waals surface area contributed by atoms with Crippen molar-refractivity contribution in [1.82, 2.24) is 19.2 Å². The van der Waals surface area contributed by atoms with Gasteiger partial charge in [-0.25, -0.2) is 13.4 Å². The van der Waals surface area contributed by atoms with Crippen molar-refractivity contribution in [2.24, 2.45) is 0 Å². The van der Waals surface area contributed by atoms with E-state index >= 15 is 0 Å². The number of sulfonamides is 1. The summed E-state index contributed by atoms with van der Waals surface area (Å²) in [7, 11) is -3.56. The number of fused-ring (bicyclic) bond motifs is 1. The van der Waals surface area contributed by atoms with E-state index in [0.29, 0.717) is 38.1 Å². The molecule has 0 bridgehead atoms. The van der Waals surface area contributed by atoms with Gasteiger partial charge in [-0.05, 0) is 24.6 Å². The molecule has 0 saturated carbocycles. The van der Waals surface area contributed by atoms with Crippen LogP contribution < -0.4 is 0 Å². The number of carbonyl (C=O) groups is 1. The SMILES string of the molecule is CC(=O)N1CCCN(S(=O)(=O)c2ccc3nc[nH]c3c2)CC1. The van der Waals surface area contributed by atoms with Gasteiger partial charge in [-0.1, -0.05) is 0 Å². The fraction of sp³-hybridized carbons (Fsp3) is 0.429. The Balaban J connectivity index is 1.87. The zero-order chi connectivity index (χ0) is 15.7. The van der Waals surface area contributed by atoms with E-state index in [1.807, 2.05) is 0 Å². The summed E-state index contributed by atoms with van der Waals surface area (Å²) >= 11 is 0. The van der Waals surface area contributed by atoms with Crippen molar-refractivity contribution in [2.75, 3.05) is 26.2 Å². The predicted molar refractivity (Wildman–Crippen MR) is 81.7 cm³/mol. The first-order valence-electron chi connectivity index (χ1n) is 7.17. The number of imidazole rings is 1. The van der Waals surface area contributed by atoms with Crippen LogP contribution in [0.25, 0.3) is 11.0 Å². The average Bonchev–Trinajstić information content (AvgIpc) is 2.80. The number of hydrogen-bond donors (Lipinski definition) is 1. The first kappa shape index (κ1) is 15.0. The first-order valence-corrected chi connectivity index (χ1v) is 8.61. The summed E-state index contributed by atoms with van der Waals surface area (Å²) in [6, 6.07) is 4.87. The molecule has 1 aliphatic rings. The van der Waals surface area contributed by atoms with Gasteiger partial charge in [0.05, 0.1) is 22.3 Å². The normalized spacial score (nSPS) is 17.6. The molecule has 0 aliphatic carbocycles. The number of aromatic nitrogens is 2. The maximum absolute atomic E-state index is 12.8. The molecule has 2 aromatic rings. The fourth-order valence-corrected chi connectivity index (χ4v) is 4.17. The number of nitrogens with one attached hydrogen (secondary N) is 1. The van der Waals surface area contributed by atoms with Gasteiger partial charge in [-0.3, -0.25) is 4.79 Å². The summed E-state index contributed by atoms with van der Waals surface area (Å²) in [5, 5.41) is 0. The number of hydrogen-bond acceptors (Lipinski definition) is 4. The third kappa shape index (κ3) is 2.71. The molecule has 0 atom stereocenters. The van der Waals surface area contributed by atoms with Crippen LogP contribution >= 0.6 is 0 Å². The summed E-state index contributed by atoms with van der Waals surface area (Å²) in [6.45, 7) is 3.29. The van der Waals surface area contributed by atoms with Crippen LogP contribution in [0.5, 0.6) is 0 Å². The van der Waals surface area contributed by atoms with Crippen LogP contribution in [0.1, 0.15) is 13.3 Å². The summed E-state index contributed by atoms with van der Waals surface area (Å²) < 4.78 is 27.0. The van der Waals surface area contributed by atoms with Gasteiger partial charge >= 0.3 is 0 Å². The van der Waals surface area contributed by atoms with Gasteiger partial charge < -0.3 is 9.88 Å². The van der Waals surface area contributed by atoms with Crippen molar-refractivity contribution in [1.29, 1.82) is 0 Å². The number of amides is 1. The predicted octanol–water partition coefficient (Wildman–Crippen LogP) is 0.806. The van der Waals surface area contributed by atoms with Gasteiger partial charge in [-0.2, -0.15) is 4.31 Å². The molecule has 7 nitrogen and oxygen atoms in total. The number of rotatable bonds is 2. The Morgan fingerprint density at radius 2 is 2.05 bits per heavy atom. The number of benzene rings is 1. The van der Waals surface area contributed by atoms with Crippen LogP contribution in [-0.4, -0.2) is 59.7 Å². The minimum Gasteiger partial charge on any atom is -0.345 e. The topological polar surface area (TPSA) is 86.4 Å². The molecule has 0 radical (unpaired) electrons. The van der Waals surface area contributed by atoms with Crippen molar-refractivity contribution in [3.05, 3.63) is 24.5 Å². The maximum atomic E-state index is 12.8. The van der Waals surface area contributed by atoms with E-state index in [-0.39, 0.29) is 10.8 Å². The highest BCUT2D eigenvalue weighted by atomic mass is 32.2. The van der Waals surface area contributed by atoms with Gasteiger partial charge in [-0.15, -0.1) is 0 Å². The molecule has 1 aliphatic heterocycles. The Bertz CT molecular complexity index is 799. The molecule has 1 fully saturated rings. The van der Waals surface area contributed by atoms with Gasteiger partial charge in [0.25, 0.3) is 0 Å². The third-order valence-corrected chi connectivity index (χ3v) is 5.82. The second-order valence-corrected chi connectivity index (χ2v) is 7.28. The Kier molecular flexibility index (Phi) is 3.88. The average molecular weight is 322 g/mol. The lowest BCUT2D eigenvalue weighted by molar-refractivity contribution is -0.128. The quantitative estimate of drug-likeness (QED) is 0.886. The Hall–Kier alpha value is -1.93. The summed E-state index contributed by atoms with van der Waals surface area (Å²) in [6.07, 6.45) is 2.18. The molecule has 2 heterocycles. The van der Waals surface area contributed by atoms with Crippen molar-refractivity contribution < 1.29 is 13.2 Å². The summed E-state index contributed by atoms with van der Waals surface area (Å²) in [5.41, 5.74) is 1.43.